The molecule has 2 N–H and O–H groups in total. The minimum Gasteiger partial charge on any atom is -0.494 e. The Bertz CT molecular complexity index is 622. The molecule has 0 aliphatic heterocycles. The summed E-state index contributed by atoms with van der Waals surface area (Å²) >= 11 is 0. The van der Waals surface area contributed by atoms with Crippen molar-refractivity contribution in [2.45, 2.75) is 6.61 Å². The summed E-state index contributed by atoms with van der Waals surface area (Å²) in [5.41, 5.74) is 0.567. The molecule has 1 aromatic carbocycles. The second-order valence-corrected chi connectivity index (χ2v) is 4.21. The number of aromatic nitrogens is 2. The maximum atomic E-state index is 13.7. The van der Waals surface area contributed by atoms with Crippen LogP contribution in [0.4, 0.5) is 21.7 Å². The Kier molecular flexibility index (Phi) is 4.89. The average molecular weight is 292 g/mol. The van der Waals surface area contributed by atoms with Gasteiger partial charge in [-0.25, -0.2) is 14.4 Å². The van der Waals surface area contributed by atoms with Gasteiger partial charge in [-0.1, -0.05) is 0 Å². The monoisotopic (exact) mass is 292 g/mol. The fourth-order valence-electron chi connectivity index (χ4n) is 1.77. The largest absolute Gasteiger partial charge is 0.494 e. The van der Waals surface area contributed by atoms with Gasteiger partial charge < -0.3 is 20.1 Å². The molecule has 0 fully saturated rings. The molecule has 1 aromatic heterocycles. The third-order valence-electron chi connectivity index (χ3n) is 2.73. The van der Waals surface area contributed by atoms with Gasteiger partial charge in [-0.2, -0.15) is 0 Å². The quantitative estimate of drug-likeness (QED) is 0.853. The molecule has 1 heterocycles. The van der Waals surface area contributed by atoms with Gasteiger partial charge in [0, 0.05) is 32.0 Å². The second-order valence-electron chi connectivity index (χ2n) is 4.21. The summed E-state index contributed by atoms with van der Waals surface area (Å²) in [6.07, 6.45) is 0. The number of benzene rings is 1. The lowest BCUT2D eigenvalue weighted by atomic mass is 10.3. The van der Waals surface area contributed by atoms with E-state index in [0.717, 1.165) is 0 Å². The molecule has 21 heavy (non-hydrogen) atoms. The van der Waals surface area contributed by atoms with Crippen molar-refractivity contribution in [3.63, 3.8) is 0 Å². The Morgan fingerprint density at radius 3 is 2.52 bits per heavy atom. The van der Waals surface area contributed by atoms with Crippen molar-refractivity contribution in [2.24, 2.45) is 0 Å². The molecule has 112 valence electrons. The summed E-state index contributed by atoms with van der Waals surface area (Å²) in [5, 5.41) is 5.97. The van der Waals surface area contributed by atoms with Crippen molar-refractivity contribution in [2.75, 3.05) is 31.9 Å². The van der Waals surface area contributed by atoms with Crippen molar-refractivity contribution in [1.29, 1.82) is 0 Å². The second kappa shape index (κ2) is 6.85. The molecule has 0 aliphatic rings. The molecule has 2 rings (SSSR count). The van der Waals surface area contributed by atoms with Gasteiger partial charge in [-0.05, 0) is 12.1 Å². The summed E-state index contributed by atoms with van der Waals surface area (Å²) in [7, 11) is 4.75. The summed E-state index contributed by atoms with van der Waals surface area (Å²) in [5.74, 6) is 1.47. The first kappa shape index (κ1) is 15.0. The van der Waals surface area contributed by atoms with Gasteiger partial charge in [-0.3, -0.25) is 0 Å². The number of anilines is 3. The van der Waals surface area contributed by atoms with Gasteiger partial charge in [0.1, 0.15) is 18.2 Å². The molecule has 6 nitrogen and oxygen atoms in total. The highest BCUT2D eigenvalue weighted by atomic mass is 19.1. The molecule has 0 radical (unpaired) electrons. The number of hydrogen-bond acceptors (Lipinski definition) is 6. The SMILES string of the molecule is CNc1cc(Nc2ccc(OC)c(F)c2)nc(COC)n1. The van der Waals surface area contributed by atoms with E-state index in [4.69, 9.17) is 9.47 Å². The van der Waals surface area contributed by atoms with Crippen molar-refractivity contribution < 1.29 is 13.9 Å². The summed E-state index contributed by atoms with van der Waals surface area (Å²) in [6, 6.07) is 6.32. The number of ether oxygens (including phenoxy) is 2. The first-order valence-electron chi connectivity index (χ1n) is 6.31. The minimum absolute atomic E-state index is 0.194. The zero-order valence-electron chi connectivity index (χ0n) is 12.1. The van der Waals surface area contributed by atoms with Crippen LogP contribution in [0.25, 0.3) is 0 Å². The van der Waals surface area contributed by atoms with E-state index in [9.17, 15) is 4.39 Å². The van der Waals surface area contributed by atoms with Gasteiger partial charge in [0.15, 0.2) is 17.4 Å². The van der Waals surface area contributed by atoms with E-state index in [-0.39, 0.29) is 5.75 Å². The number of hydrogen-bond donors (Lipinski definition) is 2. The van der Waals surface area contributed by atoms with Gasteiger partial charge in [0.05, 0.1) is 7.11 Å². The lowest BCUT2D eigenvalue weighted by Crippen LogP contribution is -2.05. The Labute approximate surface area is 122 Å². The average Bonchev–Trinajstić information content (AvgIpc) is 2.47. The van der Waals surface area contributed by atoms with Gasteiger partial charge in [-0.15, -0.1) is 0 Å². The summed E-state index contributed by atoms with van der Waals surface area (Å²) in [6.45, 7) is 0.293. The number of nitrogens with one attached hydrogen (secondary N) is 2. The maximum absolute atomic E-state index is 13.7. The van der Waals surface area contributed by atoms with E-state index in [1.54, 1.807) is 32.4 Å². The summed E-state index contributed by atoms with van der Waals surface area (Å²) < 4.78 is 23.6. The standard InChI is InChI=1S/C14H17FN4O2/c1-16-12-7-13(19-14(18-12)8-20-2)17-9-4-5-11(21-3)10(15)6-9/h4-7H,8H2,1-3H3,(H2,16,17,18,19). The van der Waals surface area contributed by atoms with Crippen molar-refractivity contribution in [1.82, 2.24) is 9.97 Å². The van der Waals surface area contributed by atoms with Gasteiger partial charge >= 0.3 is 0 Å². The molecule has 0 atom stereocenters. The van der Waals surface area contributed by atoms with E-state index in [2.05, 4.69) is 20.6 Å². The third kappa shape index (κ3) is 3.79. The highest BCUT2D eigenvalue weighted by Gasteiger charge is 2.07. The van der Waals surface area contributed by atoms with Crippen LogP contribution in [0.15, 0.2) is 24.3 Å². The number of rotatable bonds is 6. The molecule has 0 aliphatic carbocycles. The van der Waals surface area contributed by atoms with Crippen LogP contribution in [-0.4, -0.2) is 31.2 Å². The van der Waals surface area contributed by atoms with Gasteiger partial charge in [0.25, 0.3) is 0 Å². The van der Waals surface area contributed by atoms with E-state index < -0.39 is 5.82 Å². The van der Waals surface area contributed by atoms with Crippen LogP contribution in [0.5, 0.6) is 5.75 Å². The molecule has 0 amide bonds. The van der Waals surface area contributed by atoms with Crippen LogP contribution >= 0.6 is 0 Å². The van der Waals surface area contributed by atoms with Crippen molar-refractivity contribution >= 4 is 17.3 Å². The van der Waals surface area contributed by atoms with Crippen molar-refractivity contribution in [3.8, 4) is 5.75 Å². The molecule has 2 aromatic rings. The molecular formula is C14H17FN4O2. The lowest BCUT2D eigenvalue weighted by molar-refractivity contribution is 0.178. The first-order chi connectivity index (χ1) is 10.2. The molecule has 0 bridgehead atoms. The Hall–Kier alpha value is -2.41. The Morgan fingerprint density at radius 2 is 1.90 bits per heavy atom. The smallest absolute Gasteiger partial charge is 0.167 e. The maximum Gasteiger partial charge on any atom is 0.167 e. The van der Waals surface area contributed by atoms with E-state index in [0.29, 0.717) is 29.8 Å². The zero-order chi connectivity index (χ0) is 15.2. The van der Waals surface area contributed by atoms with Crippen LogP contribution in [0.1, 0.15) is 5.82 Å². The molecule has 0 saturated heterocycles. The van der Waals surface area contributed by atoms with Crippen LogP contribution in [0.3, 0.4) is 0 Å². The highest BCUT2D eigenvalue weighted by Crippen LogP contribution is 2.23. The van der Waals surface area contributed by atoms with Crippen LogP contribution < -0.4 is 15.4 Å². The van der Waals surface area contributed by atoms with Gasteiger partial charge in [0.2, 0.25) is 0 Å². The predicted octanol–water partition coefficient (Wildman–Crippen LogP) is 2.56. The topological polar surface area (TPSA) is 68.3 Å². The summed E-state index contributed by atoms with van der Waals surface area (Å²) in [4.78, 5) is 8.54. The lowest BCUT2D eigenvalue weighted by Gasteiger charge is -2.10. The van der Waals surface area contributed by atoms with Crippen LogP contribution in [0, 0.1) is 5.82 Å². The van der Waals surface area contributed by atoms with Crippen molar-refractivity contribution in [3.05, 3.63) is 35.9 Å². The Morgan fingerprint density at radius 1 is 1.14 bits per heavy atom. The number of halogens is 1. The van der Waals surface area contributed by atoms with Crippen LogP contribution in [-0.2, 0) is 11.3 Å². The number of nitrogens with zero attached hydrogens (tertiary/aromatic N) is 2. The van der Waals surface area contributed by atoms with E-state index in [1.165, 1.54) is 13.2 Å². The zero-order valence-corrected chi connectivity index (χ0v) is 12.1. The fourth-order valence-corrected chi connectivity index (χ4v) is 1.77. The molecule has 0 unspecified atom stereocenters. The fraction of sp³-hybridized carbons (Fsp3) is 0.286. The molecule has 7 heteroatoms. The third-order valence-corrected chi connectivity index (χ3v) is 2.73. The molecule has 0 spiro atoms. The van der Waals surface area contributed by atoms with E-state index >= 15 is 0 Å². The molecular weight excluding hydrogens is 275 g/mol. The van der Waals surface area contributed by atoms with Crippen LogP contribution in [0.2, 0.25) is 0 Å². The minimum atomic E-state index is -0.442. The first-order valence-corrected chi connectivity index (χ1v) is 6.31. The highest BCUT2D eigenvalue weighted by molar-refractivity contribution is 5.60. The Balaban J connectivity index is 2.25. The normalized spacial score (nSPS) is 10.3. The predicted molar refractivity (Wildman–Crippen MR) is 78.5 cm³/mol. The number of methoxy groups -OCH3 is 2. The van der Waals surface area contributed by atoms with E-state index in [1.807, 2.05) is 0 Å². The molecule has 0 saturated carbocycles.